The number of H-pyrrole nitrogens is 1. The summed E-state index contributed by atoms with van der Waals surface area (Å²) in [6.45, 7) is 4.33. The fourth-order valence-corrected chi connectivity index (χ4v) is 0.980. The zero-order valence-corrected chi connectivity index (χ0v) is 7.37. The molecular formula is C7H14N4O. The molecule has 0 aliphatic carbocycles. The van der Waals surface area contributed by atoms with Crippen molar-refractivity contribution in [3.05, 3.63) is 16.3 Å². The van der Waals surface area contributed by atoms with Crippen molar-refractivity contribution in [1.29, 1.82) is 0 Å². The minimum Gasteiger partial charge on any atom is -0.330 e. The third kappa shape index (κ3) is 1.73. The second-order valence-electron chi connectivity index (χ2n) is 2.95. The number of hydrogen-bond donors (Lipinski definition) is 2. The highest BCUT2D eigenvalue weighted by Crippen LogP contribution is 1.96. The molecule has 1 rings (SSSR count). The molecule has 12 heavy (non-hydrogen) atoms. The predicted molar refractivity (Wildman–Crippen MR) is 46.0 cm³/mol. The van der Waals surface area contributed by atoms with Crippen molar-refractivity contribution in [3.8, 4) is 0 Å². The van der Waals surface area contributed by atoms with Crippen molar-refractivity contribution >= 4 is 0 Å². The summed E-state index contributed by atoms with van der Waals surface area (Å²) in [4.78, 5) is 13.8. The van der Waals surface area contributed by atoms with Gasteiger partial charge in [-0.3, -0.25) is 4.98 Å². The van der Waals surface area contributed by atoms with Gasteiger partial charge < -0.3 is 5.73 Å². The van der Waals surface area contributed by atoms with Crippen LogP contribution in [0.5, 0.6) is 0 Å². The second kappa shape index (κ2) is 3.53. The van der Waals surface area contributed by atoms with E-state index >= 15 is 0 Å². The Hall–Kier alpha value is -1.10. The first-order valence-corrected chi connectivity index (χ1v) is 4.03. The summed E-state index contributed by atoms with van der Waals surface area (Å²) in [6.07, 6.45) is 0.620. The molecule has 68 valence electrons. The number of hydrogen-bond acceptors (Lipinski definition) is 3. The summed E-state index contributed by atoms with van der Waals surface area (Å²) < 4.78 is 1.42. The van der Waals surface area contributed by atoms with Crippen LogP contribution in [0.2, 0.25) is 0 Å². The van der Waals surface area contributed by atoms with Crippen LogP contribution in [0.4, 0.5) is 0 Å². The lowest BCUT2D eigenvalue weighted by Gasteiger charge is -2.00. The molecule has 1 aromatic rings. The molecule has 5 nitrogen and oxygen atoms in total. The molecule has 1 aromatic heterocycles. The highest BCUT2D eigenvalue weighted by atomic mass is 16.2. The molecule has 3 N–H and O–H groups in total. The van der Waals surface area contributed by atoms with Crippen LogP contribution in [0.15, 0.2) is 4.79 Å². The van der Waals surface area contributed by atoms with Crippen molar-refractivity contribution in [1.82, 2.24) is 14.8 Å². The lowest BCUT2D eigenvalue weighted by atomic mass is 10.4. The topological polar surface area (TPSA) is 76.7 Å². The lowest BCUT2D eigenvalue weighted by molar-refractivity contribution is 0.510. The molecule has 0 spiro atoms. The standard InChI is InChI=1S/C7H14N4O/c1-5(2)11-7(12)9-6(10-11)3-4-8/h5H,3-4,8H2,1-2H3,(H,9,10,12). The van der Waals surface area contributed by atoms with Gasteiger partial charge in [-0.1, -0.05) is 0 Å². The Morgan fingerprint density at radius 1 is 1.67 bits per heavy atom. The highest BCUT2D eigenvalue weighted by molar-refractivity contribution is 4.83. The Kier molecular flexibility index (Phi) is 2.65. The molecule has 1 heterocycles. The van der Waals surface area contributed by atoms with E-state index in [1.807, 2.05) is 13.8 Å². The monoisotopic (exact) mass is 170 g/mol. The van der Waals surface area contributed by atoms with Gasteiger partial charge in [-0.15, -0.1) is 0 Å². The summed E-state index contributed by atoms with van der Waals surface area (Å²) >= 11 is 0. The van der Waals surface area contributed by atoms with E-state index < -0.39 is 0 Å². The van der Waals surface area contributed by atoms with Crippen LogP contribution in [-0.4, -0.2) is 21.3 Å². The second-order valence-corrected chi connectivity index (χ2v) is 2.95. The molecule has 0 aliphatic rings. The third-order valence-corrected chi connectivity index (χ3v) is 1.56. The van der Waals surface area contributed by atoms with Crippen LogP contribution in [-0.2, 0) is 6.42 Å². The molecule has 0 saturated heterocycles. The largest absolute Gasteiger partial charge is 0.343 e. The average Bonchev–Trinajstić information content (AvgIpc) is 2.32. The van der Waals surface area contributed by atoms with E-state index in [4.69, 9.17) is 5.73 Å². The first kappa shape index (κ1) is 8.99. The molecule has 0 amide bonds. The van der Waals surface area contributed by atoms with Crippen molar-refractivity contribution in [2.45, 2.75) is 26.3 Å². The molecule has 5 heteroatoms. The molecule has 0 fully saturated rings. The number of aromatic nitrogens is 3. The van der Waals surface area contributed by atoms with Crippen LogP contribution >= 0.6 is 0 Å². The van der Waals surface area contributed by atoms with E-state index in [1.54, 1.807) is 0 Å². The fraction of sp³-hybridized carbons (Fsp3) is 0.714. The summed E-state index contributed by atoms with van der Waals surface area (Å²) in [6, 6.07) is 0.0975. The first-order chi connectivity index (χ1) is 5.65. The van der Waals surface area contributed by atoms with Gasteiger partial charge in [0.1, 0.15) is 5.82 Å². The number of rotatable bonds is 3. The summed E-state index contributed by atoms with van der Waals surface area (Å²) in [7, 11) is 0. The Bertz CT molecular complexity index is 299. The van der Waals surface area contributed by atoms with E-state index in [2.05, 4.69) is 10.1 Å². The number of nitrogens with zero attached hydrogens (tertiary/aromatic N) is 2. The average molecular weight is 170 g/mol. The maximum atomic E-state index is 11.2. The van der Waals surface area contributed by atoms with Gasteiger partial charge in [0.15, 0.2) is 0 Å². The van der Waals surface area contributed by atoms with Crippen LogP contribution in [0.3, 0.4) is 0 Å². The van der Waals surface area contributed by atoms with E-state index in [1.165, 1.54) is 4.68 Å². The Morgan fingerprint density at radius 2 is 2.33 bits per heavy atom. The molecular weight excluding hydrogens is 156 g/mol. The quantitative estimate of drug-likeness (QED) is 0.651. The van der Waals surface area contributed by atoms with E-state index in [9.17, 15) is 4.79 Å². The zero-order chi connectivity index (χ0) is 9.14. The Labute approximate surface area is 70.6 Å². The van der Waals surface area contributed by atoms with Gasteiger partial charge in [0, 0.05) is 6.42 Å². The molecule has 0 radical (unpaired) electrons. The molecule has 0 bridgehead atoms. The van der Waals surface area contributed by atoms with Gasteiger partial charge in [-0.2, -0.15) is 5.10 Å². The van der Waals surface area contributed by atoms with Gasteiger partial charge in [0.05, 0.1) is 6.04 Å². The molecule has 0 aromatic carbocycles. The fourth-order valence-electron chi connectivity index (χ4n) is 0.980. The van der Waals surface area contributed by atoms with E-state index in [0.717, 1.165) is 0 Å². The molecule has 0 unspecified atom stereocenters. The van der Waals surface area contributed by atoms with Crippen molar-refractivity contribution in [2.75, 3.05) is 6.54 Å². The molecule has 0 atom stereocenters. The number of nitrogens with two attached hydrogens (primary N) is 1. The summed E-state index contributed by atoms with van der Waals surface area (Å²) in [5.41, 5.74) is 5.17. The van der Waals surface area contributed by atoms with Gasteiger partial charge in [-0.05, 0) is 20.4 Å². The van der Waals surface area contributed by atoms with Crippen molar-refractivity contribution in [2.24, 2.45) is 5.73 Å². The summed E-state index contributed by atoms with van der Waals surface area (Å²) in [5.74, 6) is 0.663. The van der Waals surface area contributed by atoms with Crippen molar-refractivity contribution in [3.63, 3.8) is 0 Å². The Balaban J connectivity index is 2.93. The van der Waals surface area contributed by atoms with E-state index in [0.29, 0.717) is 18.8 Å². The summed E-state index contributed by atoms with van der Waals surface area (Å²) in [5, 5.41) is 4.07. The SMILES string of the molecule is CC(C)n1nc(CCN)[nH]c1=O. The van der Waals surface area contributed by atoms with Gasteiger partial charge in [-0.25, -0.2) is 9.48 Å². The minimum atomic E-state index is -0.159. The van der Waals surface area contributed by atoms with Gasteiger partial charge >= 0.3 is 5.69 Å². The maximum Gasteiger partial charge on any atom is 0.343 e. The molecule has 0 saturated carbocycles. The van der Waals surface area contributed by atoms with Gasteiger partial charge in [0.2, 0.25) is 0 Å². The highest BCUT2D eigenvalue weighted by Gasteiger charge is 2.06. The third-order valence-electron chi connectivity index (χ3n) is 1.56. The van der Waals surface area contributed by atoms with Crippen LogP contribution in [0, 0.1) is 0 Å². The number of aromatic amines is 1. The zero-order valence-electron chi connectivity index (χ0n) is 7.37. The Morgan fingerprint density at radius 3 is 2.75 bits per heavy atom. The lowest BCUT2D eigenvalue weighted by Crippen LogP contribution is -2.19. The van der Waals surface area contributed by atoms with Crippen LogP contribution < -0.4 is 11.4 Å². The minimum absolute atomic E-state index is 0.0975. The van der Waals surface area contributed by atoms with Crippen LogP contribution in [0.25, 0.3) is 0 Å². The molecule has 0 aliphatic heterocycles. The predicted octanol–water partition coefficient (Wildman–Crippen LogP) is -0.346. The van der Waals surface area contributed by atoms with Crippen molar-refractivity contribution < 1.29 is 0 Å². The first-order valence-electron chi connectivity index (χ1n) is 4.03. The normalized spacial score (nSPS) is 11.0. The van der Waals surface area contributed by atoms with E-state index in [-0.39, 0.29) is 11.7 Å². The van der Waals surface area contributed by atoms with Crippen LogP contribution in [0.1, 0.15) is 25.7 Å². The van der Waals surface area contributed by atoms with Gasteiger partial charge in [0.25, 0.3) is 0 Å². The number of nitrogens with one attached hydrogen (secondary N) is 1. The smallest absolute Gasteiger partial charge is 0.330 e. The maximum absolute atomic E-state index is 11.2.